The molecule has 0 unspecified atom stereocenters. The zero-order chi connectivity index (χ0) is 14.7. The maximum atomic E-state index is 6.19. The molecule has 1 aromatic heterocycles. The fraction of sp³-hybridized carbons (Fsp3) is 0.286. The van der Waals surface area contributed by atoms with Crippen molar-refractivity contribution in [3.05, 3.63) is 48.9 Å². The first-order valence-electron chi connectivity index (χ1n) is 6.22. The Kier molecular flexibility index (Phi) is 5.46. The minimum atomic E-state index is 0.522. The molecule has 3 nitrogen and oxygen atoms in total. The quantitative estimate of drug-likeness (QED) is 0.726. The number of hydrogen-bond donors (Lipinski definition) is 1. The number of nitrogens with zero attached hydrogens (tertiary/aromatic N) is 2. The predicted molar refractivity (Wildman–Crippen MR) is 92.9 cm³/mol. The van der Waals surface area contributed by atoms with Gasteiger partial charge in [0.15, 0.2) is 0 Å². The van der Waals surface area contributed by atoms with Crippen molar-refractivity contribution in [2.75, 3.05) is 11.9 Å². The van der Waals surface area contributed by atoms with Gasteiger partial charge in [-0.3, -0.25) is 0 Å². The van der Waals surface area contributed by atoms with Gasteiger partial charge in [0.2, 0.25) is 0 Å². The Hall–Kier alpha value is -0.590. The van der Waals surface area contributed by atoms with Crippen LogP contribution in [0.15, 0.2) is 18.2 Å². The van der Waals surface area contributed by atoms with E-state index in [9.17, 15) is 0 Å². The first-order valence-corrected chi connectivity index (χ1v) is 8.06. The van der Waals surface area contributed by atoms with E-state index in [1.165, 1.54) is 0 Å². The molecule has 0 atom stereocenters. The number of benzene rings is 1. The summed E-state index contributed by atoms with van der Waals surface area (Å²) in [6.45, 7) is 4.83. The number of aromatic nitrogens is 2. The van der Waals surface area contributed by atoms with Crippen LogP contribution in [-0.2, 0) is 6.42 Å². The topological polar surface area (TPSA) is 37.8 Å². The van der Waals surface area contributed by atoms with Crippen LogP contribution in [0.1, 0.15) is 24.0 Å². The van der Waals surface area contributed by atoms with Gasteiger partial charge in [-0.05, 0) is 54.1 Å². The molecule has 6 heteroatoms. The normalized spacial score (nSPS) is 10.7. The molecule has 0 aliphatic carbocycles. The number of anilines is 1. The largest absolute Gasteiger partial charge is 0.369 e. The van der Waals surface area contributed by atoms with Crippen molar-refractivity contribution >= 4 is 51.6 Å². The lowest BCUT2D eigenvalue weighted by Crippen LogP contribution is -2.08. The maximum absolute atomic E-state index is 6.19. The molecule has 0 saturated heterocycles. The Bertz CT molecular complexity index is 612. The second-order valence-corrected chi connectivity index (χ2v) is 6.19. The van der Waals surface area contributed by atoms with Crippen molar-refractivity contribution in [3.8, 4) is 0 Å². The van der Waals surface area contributed by atoms with Crippen LogP contribution >= 0.6 is 45.8 Å². The summed E-state index contributed by atoms with van der Waals surface area (Å²) < 4.78 is 1.04. The molecule has 0 amide bonds. The summed E-state index contributed by atoms with van der Waals surface area (Å²) >= 11 is 14.6. The lowest BCUT2D eigenvalue weighted by molar-refractivity contribution is 0.929. The van der Waals surface area contributed by atoms with E-state index in [-0.39, 0.29) is 0 Å². The lowest BCUT2D eigenvalue weighted by Gasteiger charge is -2.11. The average Bonchev–Trinajstić information content (AvgIpc) is 2.40. The number of halogens is 3. The Morgan fingerprint density at radius 1 is 1.20 bits per heavy atom. The van der Waals surface area contributed by atoms with Gasteiger partial charge in [-0.15, -0.1) is 0 Å². The molecule has 1 N–H and O–H groups in total. The molecule has 2 aromatic rings. The molecule has 0 spiro atoms. The van der Waals surface area contributed by atoms with Gasteiger partial charge in [-0.2, -0.15) is 0 Å². The number of nitrogens with one attached hydrogen (secondary N) is 1. The van der Waals surface area contributed by atoms with Crippen molar-refractivity contribution in [2.24, 2.45) is 0 Å². The molecule has 0 aliphatic heterocycles. The van der Waals surface area contributed by atoms with E-state index in [0.717, 1.165) is 27.2 Å². The van der Waals surface area contributed by atoms with E-state index < -0.39 is 0 Å². The van der Waals surface area contributed by atoms with Crippen LogP contribution in [0, 0.1) is 10.5 Å². The predicted octanol–water partition coefficient (Wildman–Crippen LogP) is 4.72. The van der Waals surface area contributed by atoms with E-state index in [1.807, 2.05) is 32.0 Å². The van der Waals surface area contributed by atoms with E-state index in [4.69, 9.17) is 23.2 Å². The van der Waals surface area contributed by atoms with Gasteiger partial charge in [0.05, 0.1) is 9.26 Å². The fourth-order valence-electron chi connectivity index (χ4n) is 1.84. The minimum Gasteiger partial charge on any atom is -0.369 e. The van der Waals surface area contributed by atoms with Crippen LogP contribution in [0.2, 0.25) is 10.0 Å². The van der Waals surface area contributed by atoms with Gasteiger partial charge in [0.1, 0.15) is 11.6 Å². The standard InChI is InChI=1S/C14H14Cl2IN3/c1-3-18-14-13(17)8(2)19-12(20-14)7-9-10(15)5-4-6-11(9)16/h4-6H,3,7H2,1-2H3,(H,18,19,20). The van der Waals surface area contributed by atoms with Crippen molar-refractivity contribution in [1.29, 1.82) is 0 Å². The van der Waals surface area contributed by atoms with Crippen molar-refractivity contribution in [2.45, 2.75) is 20.3 Å². The van der Waals surface area contributed by atoms with Gasteiger partial charge in [-0.25, -0.2) is 9.97 Å². The van der Waals surface area contributed by atoms with E-state index in [1.54, 1.807) is 0 Å². The summed E-state index contributed by atoms with van der Waals surface area (Å²) in [6, 6.07) is 5.49. The van der Waals surface area contributed by atoms with Crippen molar-refractivity contribution < 1.29 is 0 Å². The van der Waals surface area contributed by atoms with Crippen LogP contribution < -0.4 is 5.32 Å². The van der Waals surface area contributed by atoms with Gasteiger partial charge < -0.3 is 5.32 Å². The van der Waals surface area contributed by atoms with E-state index >= 15 is 0 Å². The summed E-state index contributed by atoms with van der Waals surface area (Å²) in [6.07, 6.45) is 0.522. The molecule has 20 heavy (non-hydrogen) atoms. The fourth-order valence-corrected chi connectivity index (χ4v) is 2.80. The number of hydrogen-bond acceptors (Lipinski definition) is 3. The van der Waals surface area contributed by atoms with Crippen molar-refractivity contribution in [1.82, 2.24) is 9.97 Å². The number of rotatable bonds is 4. The Morgan fingerprint density at radius 2 is 1.85 bits per heavy atom. The summed E-state index contributed by atoms with van der Waals surface area (Å²) in [7, 11) is 0. The van der Waals surface area contributed by atoms with Crippen LogP contribution in [-0.4, -0.2) is 16.5 Å². The molecule has 0 aliphatic rings. The summed E-state index contributed by atoms with van der Waals surface area (Å²) in [4.78, 5) is 9.07. The highest BCUT2D eigenvalue weighted by Gasteiger charge is 2.12. The van der Waals surface area contributed by atoms with E-state index in [0.29, 0.717) is 22.3 Å². The molecular weight excluding hydrogens is 408 g/mol. The molecule has 0 fully saturated rings. The molecular formula is C14H14Cl2IN3. The highest BCUT2D eigenvalue weighted by molar-refractivity contribution is 14.1. The van der Waals surface area contributed by atoms with Gasteiger partial charge in [0.25, 0.3) is 0 Å². The minimum absolute atomic E-state index is 0.522. The smallest absolute Gasteiger partial charge is 0.143 e. The van der Waals surface area contributed by atoms with Crippen molar-refractivity contribution in [3.63, 3.8) is 0 Å². The zero-order valence-electron chi connectivity index (χ0n) is 11.2. The van der Waals surface area contributed by atoms with E-state index in [2.05, 4.69) is 37.9 Å². The van der Waals surface area contributed by atoms with Crippen LogP contribution in [0.3, 0.4) is 0 Å². The third-order valence-corrected chi connectivity index (χ3v) is 4.80. The molecule has 0 radical (unpaired) electrons. The Morgan fingerprint density at radius 3 is 2.45 bits per heavy atom. The Balaban J connectivity index is 2.39. The monoisotopic (exact) mass is 421 g/mol. The first-order chi connectivity index (χ1) is 9.52. The highest BCUT2D eigenvalue weighted by Crippen LogP contribution is 2.27. The molecule has 1 aromatic carbocycles. The molecule has 1 heterocycles. The zero-order valence-corrected chi connectivity index (χ0v) is 14.8. The maximum Gasteiger partial charge on any atom is 0.143 e. The summed E-state index contributed by atoms with van der Waals surface area (Å²) in [5.41, 5.74) is 1.81. The molecule has 106 valence electrons. The second kappa shape index (κ2) is 6.91. The number of aryl methyl sites for hydroxylation is 1. The SMILES string of the molecule is CCNc1nc(Cc2c(Cl)cccc2Cl)nc(C)c1I. The first kappa shape index (κ1) is 15.8. The van der Waals surface area contributed by atoms with Crippen LogP contribution in [0.5, 0.6) is 0 Å². The average molecular weight is 422 g/mol. The summed E-state index contributed by atoms with van der Waals surface area (Å²) in [5, 5.41) is 4.53. The van der Waals surface area contributed by atoms with Gasteiger partial charge >= 0.3 is 0 Å². The molecule has 2 rings (SSSR count). The molecule has 0 bridgehead atoms. The van der Waals surface area contributed by atoms with Gasteiger partial charge in [0, 0.05) is 23.0 Å². The lowest BCUT2D eigenvalue weighted by atomic mass is 10.1. The molecule has 0 saturated carbocycles. The highest BCUT2D eigenvalue weighted by atomic mass is 127. The third kappa shape index (κ3) is 3.54. The van der Waals surface area contributed by atoms with Crippen LogP contribution in [0.25, 0.3) is 0 Å². The summed E-state index contributed by atoms with van der Waals surface area (Å²) in [5.74, 6) is 1.58. The van der Waals surface area contributed by atoms with Gasteiger partial charge in [-0.1, -0.05) is 29.3 Å². The second-order valence-electron chi connectivity index (χ2n) is 4.30. The Labute approximate surface area is 142 Å². The van der Waals surface area contributed by atoms with Crippen LogP contribution in [0.4, 0.5) is 5.82 Å². The third-order valence-electron chi connectivity index (χ3n) is 2.80.